The zero-order valence-corrected chi connectivity index (χ0v) is 8.74. The predicted molar refractivity (Wildman–Crippen MR) is 60.1 cm³/mol. The van der Waals surface area contributed by atoms with Crippen LogP contribution in [0.4, 0.5) is 0 Å². The number of hydrogen-bond donors (Lipinski definition) is 3. The molecule has 2 rings (SSSR count). The van der Waals surface area contributed by atoms with Crippen LogP contribution in [0.5, 0.6) is 11.5 Å². The van der Waals surface area contributed by atoms with E-state index in [0.29, 0.717) is 5.56 Å². The number of phenolic OH excluding ortho intramolecular Hbond substituents is 2. The third kappa shape index (κ3) is 1.95. The lowest BCUT2D eigenvalue weighted by atomic mass is 10.0. The summed E-state index contributed by atoms with van der Waals surface area (Å²) in [7, 11) is 0. The van der Waals surface area contributed by atoms with Crippen LogP contribution in [-0.2, 0) is 0 Å². The smallest absolute Gasteiger partial charge is 0.120 e. The molecule has 4 heteroatoms. The van der Waals surface area contributed by atoms with Gasteiger partial charge in [0.15, 0.2) is 0 Å². The van der Waals surface area contributed by atoms with Crippen LogP contribution in [0.3, 0.4) is 0 Å². The van der Waals surface area contributed by atoms with E-state index in [-0.39, 0.29) is 11.5 Å². The molecule has 2 aromatic rings. The highest BCUT2D eigenvalue weighted by Gasteiger charge is 2.13. The van der Waals surface area contributed by atoms with E-state index >= 15 is 0 Å². The Kier molecular flexibility index (Phi) is 2.62. The Bertz CT molecular complexity index is 454. The second-order valence-electron chi connectivity index (χ2n) is 3.28. The maximum absolute atomic E-state index is 9.62. The van der Waals surface area contributed by atoms with Gasteiger partial charge in [0.25, 0.3) is 0 Å². The number of aromatic hydroxyl groups is 2. The Morgan fingerprint density at radius 1 is 1.20 bits per heavy atom. The summed E-state index contributed by atoms with van der Waals surface area (Å²) in [6.07, 6.45) is 0. The van der Waals surface area contributed by atoms with E-state index in [0.717, 1.165) is 5.56 Å². The van der Waals surface area contributed by atoms with Gasteiger partial charge in [-0.3, -0.25) is 0 Å². The van der Waals surface area contributed by atoms with Crippen LogP contribution in [0.15, 0.2) is 35.0 Å². The summed E-state index contributed by atoms with van der Waals surface area (Å²) < 4.78 is 0. The van der Waals surface area contributed by atoms with E-state index < -0.39 is 6.04 Å². The summed E-state index contributed by atoms with van der Waals surface area (Å²) >= 11 is 1.55. The molecule has 1 heterocycles. The normalized spacial score (nSPS) is 12.6. The van der Waals surface area contributed by atoms with Gasteiger partial charge < -0.3 is 15.9 Å². The predicted octanol–water partition coefficient (Wildman–Crippen LogP) is 2.21. The molecule has 0 saturated carbocycles. The van der Waals surface area contributed by atoms with Gasteiger partial charge in [0.05, 0.1) is 6.04 Å². The first-order chi connectivity index (χ1) is 7.18. The molecule has 0 radical (unpaired) electrons. The molecule has 15 heavy (non-hydrogen) atoms. The first-order valence-corrected chi connectivity index (χ1v) is 5.42. The lowest BCUT2D eigenvalue weighted by molar-refractivity contribution is 0.451. The first-order valence-electron chi connectivity index (χ1n) is 4.48. The van der Waals surface area contributed by atoms with E-state index in [9.17, 15) is 10.2 Å². The number of benzene rings is 1. The Balaban J connectivity index is 2.41. The highest BCUT2D eigenvalue weighted by Crippen LogP contribution is 2.31. The van der Waals surface area contributed by atoms with Crippen LogP contribution in [-0.4, -0.2) is 10.2 Å². The van der Waals surface area contributed by atoms with Crippen molar-refractivity contribution in [2.24, 2.45) is 5.73 Å². The van der Waals surface area contributed by atoms with Gasteiger partial charge in [-0.05, 0) is 40.6 Å². The molecule has 1 aromatic heterocycles. The molecule has 3 nitrogen and oxygen atoms in total. The zero-order valence-electron chi connectivity index (χ0n) is 7.92. The van der Waals surface area contributed by atoms with Crippen LogP contribution in [0.1, 0.15) is 17.2 Å². The van der Waals surface area contributed by atoms with Crippen molar-refractivity contribution in [3.63, 3.8) is 0 Å². The molecule has 0 amide bonds. The van der Waals surface area contributed by atoms with Gasteiger partial charge in [-0.15, -0.1) is 0 Å². The van der Waals surface area contributed by atoms with Crippen molar-refractivity contribution in [2.45, 2.75) is 6.04 Å². The summed E-state index contributed by atoms with van der Waals surface area (Å²) in [5, 5.41) is 22.8. The molecule has 78 valence electrons. The third-order valence-corrected chi connectivity index (χ3v) is 2.95. The van der Waals surface area contributed by atoms with Gasteiger partial charge in [0, 0.05) is 5.56 Å². The van der Waals surface area contributed by atoms with E-state index in [1.54, 1.807) is 11.3 Å². The summed E-state index contributed by atoms with van der Waals surface area (Å²) in [5.74, 6) is 0.208. The van der Waals surface area contributed by atoms with E-state index in [1.807, 2.05) is 16.8 Å². The first kappa shape index (κ1) is 10.0. The molecular formula is C11H11NO2S. The number of nitrogens with two attached hydrogens (primary N) is 1. The molecule has 0 bridgehead atoms. The Morgan fingerprint density at radius 2 is 2.00 bits per heavy atom. The fraction of sp³-hybridized carbons (Fsp3) is 0.0909. The van der Waals surface area contributed by atoms with Gasteiger partial charge in [-0.1, -0.05) is 0 Å². The van der Waals surface area contributed by atoms with Crippen molar-refractivity contribution >= 4 is 11.3 Å². The minimum Gasteiger partial charge on any atom is -0.508 e. The molecule has 0 aliphatic rings. The second-order valence-corrected chi connectivity index (χ2v) is 4.06. The Hall–Kier alpha value is -1.52. The molecule has 0 aliphatic heterocycles. The van der Waals surface area contributed by atoms with Crippen molar-refractivity contribution in [1.29, 1.82) is 0 Å². The molecule has 0 saturated heterocycles. The van der Waals surface area contributed by atoms with Crippen molar-refractivity contribution in [3.05, 3.63) is 46.2 Å². The summed E-state index contributed by atoms with van der Waals surface area (Å²) in [6, 6.07) is 5.86. The average Bonchev–Trinajstić information content (AvgIpc) is 2.74. The molecule has 0 fully saturated rings. The van der Waals surface area contributed by atoms with Gasteiger partial charge in [0.2, 0.25) is 0 Å². The van der Waals surface area contributed by atoms with Crippen LogP contribution in [0.25, 0.3) is 0 Å². The van der Waals surface area contributed by atoms with Crippen molar-refractivity contribution in [1.82, 2.24) is 0 Å². The quantitative estimate of drug-likeness (QED) is 0.681. The summed E-state index contributed by atoms with van der Waals surface area (Å²) in [4.78, 5) is 0. The van der Waals surface area contributed by atoms with E-state index in [2.05, 4.69) is 0 Å². The Labute approximate surface area is 91.4 Å². The van der Waals surface area contributed by atoms with Crippen LogP contribution in [0.2, 0.25) is 0 Å². The number of hydrogen-bond acceptors (Lipinski definition) is 4. The zero-order chi connectivity index (χ0) is 10.8. The van der Waals surface area contributed by atoms with Crippen molar-refractivity contribution in [2.75, 3.05) is 0 Å². The van der Waals surface area contributed by atoms with Gasteiger partial charge in [0.1, 0.15) is 11.5 Å². The van der Waals surface area contributed by atoms with Crippen molar-refractivity contribution in [3.8, 4) is 11.5 Å². The van der Waals surface area contributed by atoms with E-state index in [4.69, 9.17) is 5.73 Å². The standard InChI is InChI=1S/C11H11NO2S/c12-11(7-3-4-15-6-7)9-5-8(13)1-2-10(9)14/h1-6,11,13-14H,12H2/t11-/m1/s1. The highest BCUT2D eigenvalue weighted by atomic mass is 32.1. The highest BCUT2D eigenvalue weighted by molar-refractivity contribution is 7.08. The number of phenols is 2. The van der Waals surface area contributed by atoms with Crippen LogP contribution >= 0.6 is 11.3 Å². The monoisotopic (exact) mass is 221 g/mol. The maximum Gasteiger partial charge on any atom is 0.120 e. The molecule has 1 aromatic carbocycles. The molecule has 1 atom stereocenters. The SMILES string of the molecule is N[C@H](c1ccsc1)c1cc(O)ccc1O. The Morgan fingerprint density at radius 3 is 2.67 bits per heavy atom. The maximum atomic E-state index is 9.62. The van der Waals surface area contributed by atoms with Gasteiger partial charge in [-0.25, -0.2) is 0 Å². The topological polar surface area (TPSA) is 66.5 Å². The average molecular weight is 221 g/mol. The summed E-state index contributed by atoms with van der Waals surface area (Å²) in [5.41, 5.74) is 7.43. The lowest BCUT2D eigenvalue weighted by Crippen LogP contribution is -2.10. The number of thiophene rings is 1. The fourth-order valence-electron chi connectivity index (χ4n) is 1.42. The lowest BCUT2D eigenvalue weighted by Gasteiger charge is -2.12. The van der Waals surface area contributed by atoms with Gasteiger partial charge in [-0.2, -0.15) is 11.3 Å². The molecule has 4 N–H and O–H groups in total. The van der Waals surface area contributed by atoms with E-state index in [1.165, 1.54) is 18.2 Å². The minimum absolute atomic E-state index is 0.103. The molecule has 0 spiro atoms. The fourth-order valence-corrected chi connectivity index (χ4v) is 2.12. The molecule has 0 unspecified atom stereocenters. The molecule has 0 aliphatic carbocycles. The van der Waals surface area contributed by atoms with Gasteiger partial charge >= 0.3 is 0 Å². The van der Waals surface area contributed by atoms with Crippen LogP contribution in [0, 0.1) is 0 Å². The molecular weight excluding hydrogens is 210 g/mol. The second kappa shape index (κ2) is 3.92. The van der Waals surface area contributed by atoms with Crippen molar-refractivity contribution < 1.29 is 10.2 Å². The largest absolute Gasteiger partial charge is 0.508 e. The minimum atomic E-state index is -0.400. The number of rotatable bonds is 2. The van der Waals surface area contributed by atoms with Crippen LogP contribution < -0.4 is 5.73 Å². The summed E-state index contributed by atoms with van der Waals surface area (Å²) in [6.45, 7) is 0. The third-order valence-electron chi connectivity index (χ3n) is 2.25.